The summed E-state index contributed by atoms with van der Waals surface area (Å²) in [6, 6.07) is 9.94. The largest absolute Gasteiger partial charge is 0.383 e. The minimum Gasteiger partial charge on any atom is -0.383 e. The Morgan fingerprint density at radius 2 is 2.14 bits per heavy atom. The normalized spacial score (nSPS) is 18.5. The molecule has 0 radical (unpaired) electrons. The summed E-state index contributed by atoms with van der Waals surface area (Å²) >= 11 is 7.63. The summed E-state index contributed by atoms with van der Waals surface area (Å²) < 4.78 is 0.827. The molecular formula is C20H22ClN5OS. The molecule has 1 aliphatic rings. The summed E-state index contributed by atoms with van der Waals surface area (Å²) in [6.45, 7) is 4.23. The molecule has 1 aromatic carbocycles. The van der Waals surface area contributed by atoms with E-state index < -0.39 is 0 Å². The van der Waals surface area contributed by atoms with Gasteiger partial charge in [0.05, 0.1) is 15.9 Å². The van der Waals surface area contributed by atoms with E-state index in [4.69, 9.17) is 17.3 Å². The second-order valence-electron chi connectivity index (χ2n) is 7.04. The molecule has 3 aromatic rings. The van der Waals surface area contributed by atoms with Crippen molar-refractivity contribution in [2.75, 3.05) is 31.9 Å². The fourth-order valence-electron chi connectivity index (χ4n) is 3.65. The van der Waals surface area contributed by atoms with Crippen LogP contribution in [0.2, 0.25) is 4.34 Å². The monoisotopic (exact) mass is 415 g/mol. The van der Waals surface area contributed by atoms with Crippen LogP contribution in [-0.4, -0.2) is 58.3 Å². The Balaban J connectivity index is 1.38. The molecule has 1 atom stereocenters. The van der Waals surface area contributed by atoms with E-state index in [1.807, 2.05) is 24.3 Å². The minimum atomic E-state index is -0.105. The van der Waals surface area contributed by atoms with Crippen molar-refractivity contribution in [3.8, 4) is 0 Å². The lowest BCUT2D eigenvalue weighted by Gasteiger charge is -2.39. The number of hydrogen-bond acceptors (Lipinski definition) is 7. The lowest BCUT2D eigenvalue weighted by atomic mass is 10.1. The van der Waals surface area contributed by atoms with Gasteiger partial charge in [0.15, 0.2) is 0 Å². The molecule has 0 aliphatic carbocycles. The number of hydrogen-bond donors (Lipinski definition) is 1. The van der Waals surface area contributed by atoms with Gasteiger partial charge in [-0.2, -0.15) is 0 Å². The van der Waals surface area contributed by atoms with Crippen LogP contribution in [-0.2, 0) is 17.8 Å². The highest BCUT2D eigenvalue weighted by Gasteiger charge is 2.26. The van der Waals surface area contributed by atoms with Crippen LogP contribution in [0.5, 0.6) is 0 Å². The minimum absolute atomic E-state index is 0.105. The molecule has 1 aliphatic heterocycles. The number of benzene rings is 1. The summed E-state index contributed by atoms with van der Waals surface area (Å²) in [4.78, 5) is 25.9. The van der Waals surface area contributed by atoms with E-state index in [1.165, 1.54) is 11.2 Å². The summed E-state index contributed by atoms with van der Waals surface area (Å²) in [5.74, 6) is 0.489. The molecule has 1 saturated heterocycles. The van der Waals surface area contributed by atoms with E-state index in [9.17, 15) is 4.79 Å². The maximum Gasteiger partial charge on any atom is 0.138 e. The summed E-state index contributed by atoms with van der Waals surface area (Å²) in [6.07, 6.45) is 3.51. The van der Waals surface area contributed by atoms with Crippen molar-refractivity contribution in [1.29, 1.82) is 0 Å². The molecule has 8 heteroatoms. The van der Waals surface area contributed by atoms with Crippen LogP contribution in [0.25, 0.3) is 10.9 Å². The molecule has 3 heterocycles. The first-order chi connectivity index (χ1) is 13.6. The number of aromatic nitrogens is 2. The van der Waals surface area contributed by atoms with Gasteiger partial charge in [-0.05, 0) is 36.2 Å². The second kappa shape index (κ2) is 8.53. The van der Waals surface area contributed by atoms with E-state index in [1.54, 1.807) is 11.3 Å². The average Bonchev–Trinajstić information content (AvgIpc) is 3.12. The number of carbonyl (C=O) groups is 1. The number of nitrogens with zero attached hydrogens (tertiary/aromatic N) is 4. The third-order valence-corrected chi connectivity index (χ3v) is 6.49. The molecule has 146 valence electrons. The van der Waals surface area contributed by atoms with Crippen LogP contribution in [0, 0.1) is 0 Å². The molecule has 6 nitrogen and oxygen atoms in total. The van der Waals surface area contributed by atoms with Crippen LogP contribution in [0.15, 0.2) is 36.7 Å². The van der Waals surface area contributed by atoms with Gasteiger partial charge in [0, 0.05) is 43.0 Å². The van der Waals surface area contributed by atoms with Crippen LogP contribution < -0.4 is 5.73 Å². The van der Waals surface area contributed by atoms with Gasteiger partial charge in [-0.15, -0.1) is 11.3 Å². The van der Waals surface area contributed by atoms with E-state index in [0.717, 1.165) is 66.2 Å². The van der Waals surface area contributed by atoms with Crippen LogP contribution in [0.3, 0.4) is 0 Å². The Bertz CT molecular complexity index is 978. The molecule has 28 heavy (non-hydrogen) atoms. The zero-order chi connectivity index (χ0) is 19.5. The molecule has 0 amide bonds. The molecule has 1 fully saturated rings. The smallest absolute Gasteiger partial charge is 0.138 e. The standard InChI is InChI=1S/C20H22ClN5OS/c21-19-4-2-16(28-19)5-6-25-7-8-26(15(11-25)12-27)10-14-1-3-17-18(9-14)23-13-24-20(17)22/h1-4,9,12-13,15H,5-8,10-11H2,(H2,22,23,24). The van der Waals surface area contributed by atoms with Gasteiger partial charge in [0.1, 0.15) is 18.4 Å². The third-order valence-electron chi connectivity index (χ3n) is 5.20. The van der Waals surface area contributed by atoms with Crippen molar-refractivity contribution in [3.63, 3.8) is 0 Å². The molecule has 4 rings (SSSR count). The van der Waals surface area contributed by atoms with E-state index >= 15 is 0 Å². The van der Waals surface area contributed by atoms with Crippen molar-refractivity contribution in [2.45, 2.75) is 19.0 Å². The quantitative estimate of drug-likeness (QED) is 0.624. The van der Waals surface area contributed by atoms with Crippen molar-refractivity contribution < 1.29 is 4.79 Å². The second-order valence-corrected chi connectivity index (χ2v) is 8.84. The Hall–Kier alpha value is -2.06. The predicted octanol–water partition coefficient (Wildman–Crippen LogP) is 2.85. The zero-order valence-electron chi connectivity index (χ0n) is 15.4. The van der Waals surface area contributed by atoms with Crippen LogP contribution in [0.4, 0.5) is 5.82 Å². The average molecular weight is 416 g/mol. The Morgan fingerprint density at radius 1 is 1.25 bits per heavy atom. The van der Waals surface area contributed by atoms with Gasteiger partial charge in [0.2, 0.25) is 0 Å². The predicted molar refractivity (Wildman–Crippen MR) is 114 cm³/mol. The highest BCUT2D eigenvalue weighted by Crippen LogP contribution is 2.23. The number of piperazine rings is 1. The third kappa shape index (κ3) is 4.33. The van der Waals surface area contributed by atoms with Crippen molar-refractivity contribution in [1.82, 2.24) is 19.8 Å². The maximum atomic E-state index is 11.7. The number of halogens is 1. The zero-order valence-corrected chi connectivity index (χ0v) is 17.0. The van der Waals surface area contributed by atoms with Gasteiger partial charge in [-0.25, -0.2) is 9.97 Å². The Kier molecular flexibility index (Phi) is 5.87. The number of aldehydes is 1. The van der Waals surface area contributed by atoms with Crippen molar-refractivity contribution in [2.24, 2.45) is 0 Å². The first kappa shape index (κ1) is 19.3. The van der Waals surface area contributed by atoms with E-state index in [0.29, 0.717) is 5.82 Å². The lowest BCUT2D eigenvalue weighted by Crippen LogP contribution is -2.53. The van der Waals surface area contributed by atoms with Crippen molar-refractivity contribution in [3.05, 3.63) is 51.4 Å². The van der Waals surface area contributed by atoms with Gasteiger partial charge in [-0.3, -0.25) is 9.80 Å². The number of anilines is 1. The highest BCUT2D eigenvalue weighted by molar-refractivity contribution is 7.16. The fraction of sp³-hybridized carbons (Fsp3) is 0.350. The Morgan fingerprint density at radius 3 is 2.93 bits per heavy atom. The first-order valence-electron chi connectivity index (χ1n) is 9.27. The van der Waals surface area contributed by atoms with E-state index in [2.05, 4.69) is 25.8 Å². The topological polar surface area (TPSA) is 75.3 Å². The molecule has 1 unspecified atom stereocenters. The summed E-state index contributed by atoms with van der Waals surface area (Å²) in [5.41, 5.74) is 7.86. The van der Waals surface area contributed by atoms with Crippen LogP contribution >= 0.6 is 22.9 Å². The lowest BCUT2D eigenvalue weighted by molar-refractivity contribution is -0.114. The van der Waals surface area contributed by atoms with Gasteiger partial charge >= 0.3 is 0 Å². The summed E-state index contributed by atoms with van der Waals surface area (Å²) in [5, 5.41) is 0.858. The first-order valence-corrected chi connectivity index (χ1v) is 10.5. The molecule has 2 N–H and O–H groups in total. The number of thiophene rings is 1. The summed E-state index contributed by atoms with van der Waals surface area (Å²) in [7, 11) is 0. The molecule has 0 spiro atoms. The molecule has 0 saturated carbocycles. The van der Waals surface area contributed by atoms with Gasteiger partial charge < -0.3 is 10.5 Å². The number of nitrogen functional groups attached to an aromatic ring is 1. The van der Waals surface area contributed by atoms with Gasteiger partial charge in [0.25, 0.3) is 0 Å². The Labute approximate surface area is 172 Å². The molecular weight excluding hydrogens is 394 g/mol. The molecule has 0 bridgehead atoms. The number of carbonyl (C=O) groups excluding carboxylic acids is 1. The highest BCUT2D eigenvalue weighted by atomic mass is 35.5. The van der Waals surface area contributed by atoms with Crippen molar-refractivity contribution >= 4 is 45.9 Å². The molecule has 2 aromatic heterocycles. The number of rotatable bonds is 6. The number of nitrogens with two attached hydrogens (primary N) is 1. The van der Waals surface area contributed by atoms with Gasteiger partial charge in [-0.1, -0.05) is 17.7 Å². The fourth-order valence-corrected chi connectivity index (χ4v) is 4.72. The SMILES string of the molecule is Nc1ncnc2cc(CN3CCN(CCc4ccc(Cl)s4)CC3C=O)ccc12. The van der Waals surface area contributed by atoms with Crippen LogP contribution in [0.1, 0.15) is 10.4 Å². The number of fused-ring (bicyclic) bond motifs is 1. The maximum absolute atomic E-state index is 11.7. The van der Waals surface area contributed by atoms with E-state index in [-0.39, 0.29) is 6.04 Å².